The first-order valence-electron chi connectivity index (χ1n) is 5.28. The molecule has 0 saturated carbocycles. The van der Waals surface area contributed by atoms with Crippen LogP contribution in [0.15, 0.2) is 38.6 Å². The molecule has 0 unspecified atom stereocenters. The fraction of sp³-hybridized carbons (Fsp3) is 0. The molecule has 19 heavy (non-hydrogen) atoms. The lowest BCUT2D eigenvalue weighted by Gasteiger charge is -1.99. The summed E-state index contributed by atoms with van der Waals surface area (Å²) in [6.07, 6.45) is 0. The number of nitrogen functional groups attached to an aromatic ring is 1. The second-order valence-electron chi connectivity index (χ2n) is 3.76. The normalized spacial score (nSPS) is 10.8. The van der Waals surface area contributed by atoms with Crippen molar-refractivity contribution in [3.05, 3.63) is 39.1 Å². The van der Waals surface area contributed by atoms with Crippen molar-refractivity contribution >= 4 is 44.6 Å². The van der Waals surface area contributed by atoms with Gasteiger partial charge >= 0.3 is 0 Å². The summed E-state index contributed by atoms with van der Waals surface area (Å²) in [5.74, 6) is 0.893. The van der Waals surface area contributed by atoms with Crippen LogP contribution in [-0.4, -0.2) is 10.1 Å². The number of nitrogens with two attached hydrogens (primary N) is 1. The minimum Gasteiger partial charge on any atom is -0.398 e. The van der Waals surface area contributed by atoms with Gasteiger partial charge in [-0.15, -0.1) is 11.3 Å². The monoisotopic (exact) mass is 355 g/mol. The van der Waals surface area contributed by atoms with Crippen LogP contribution < -0.4 is 5.73 Å². The second kappa shape index (κ2) is 4.96. The average Bonchev–Trinajstić information content (AvgIpc) is 3.00. The molecule has 0 aliphatic heterocycles. The van der Waals surface area contributed by atoms with Crippen LogP contribution in [0.5, 0.6) is 0 Å². The van der Waals surface area contributed by atoms with Crippen LogP contribution in [0, 0.1) is 0 Å². The predicted octanol–water partition coefficient (Wildman–Crippen LogP) is 4.46. The van der Waals surface area contributed by atoms with E-state index < -0.39 is 0 Å². The van der Waals surface area contributed by atoms with Gasteiger partial charge in [-0.05, 0) is 46.3 Å². The Morgan fingerprint density at radius 2 is 2.11 bits per heavy atom. The van der Waals surface area contributed by atoms with Crippen LogP contribution in [0.1, 0.15) is 0 Å². The maximum Gasteiger partial charge on any atom is 0.260 e. The van der Waals surface area contributed by atoms with Crippen molar-refractivity contribution in [1.29, 1.82) is 0 Å². The first-order chi connectivity index (χ1) is 9.13. The summed E-state index contributed by atoms with van der Waals surface area (Å²) in [5, 5.41) is 4.52. The molecule has 96 valence electrons. The summed E-state index contributed by atoms with van der Waals surface area (Å²) in [6, 6.07) is 8.99. The Bertz CT molecular complexity index is 740. The van der Waals surface area contributed by atoms with Crippen LogP contribution in [0.4, 0.5) is 5.69 Å². The van der Waals surface area contributed by atoms with Gasteiger partial charge in [-0.1, -0.05) is 16.8 Å². The molecule has 0 saturated heterocycles. The highest BCUT2D eigenvalue weighted by atomic mass is 79.9. The third-order valence-electron chi connectivity index (χ3n) is 2.47. The Balaban J connectivity index is 2.03. The highest BCUT2D eigenvalue weighted by Gasteiger charge is 2.14. The summed E-state index contributed by atoms with van der Waals surface area (Å²) in [6.45, 7) is 0. The Hall–Kier alpha value is -1.37. The number of rotatable bonds is 2. The van der Waals surface area contributed by atoms with E-state index in [0.717, 1.165) is 8.66 Å². The van der Waals surface area contributed by atoms with Gasteiger partial charge in [0.05, 0.1) is 14.2 Å². The van der Waals surface area contributed by atoms with E-state index in [1.807, 2.05) is 12.1 Å². The molecular weight excluding hydrogens is 350 g/mol. The van der Waals surface area contributed by atoms with Crippen LogP contribution >= 0.6 is 38.9 Å². The SMILES string of the molecule is Nc1ccc(Cl)cc1-c1nc(-c2ccc(Br)s2)no1. The van der Waals surface area contributed by atoms with Crippen LogP contribution in [0.2, 0.25) is 5.02 Å². The molecule has 0 bridgehead atoms. The fourth-order valence-electron chi connectivity index (χ4n) is 1.58. The van der Waals surface area contributed by atoms with Crippen molar-refractivity contribution in [2.45, 2.75) is 0 Å². The molecule has 3 aromatic rings. The van der Waals surface area contributed by atoms with Gasteiger partial charge in [0.1, 0.15) is 0 Å². The van der Waals surface area contributed by atoms with Gasteiger partial charge in [-0.2, -0.15) is 4.98 Å². The molecule has 2 aromatic heterocycles. The van der Waals surface area contributed by atoms with E-state index in [2.05, 4.69) is 26.1 Å². The van der Waals surface area contributed by atoms with E-state index in [-0.39, 0.29) is 0 Å². The van der Waals surface area contributed by atoms with Gasteiger partial charge in [-0.3, -0.25) is 0 Å². The van der Waals surface area contributed by atoms with Gasteiger partial charge in [0.2, 0.25) is 5.82 Å². The van der Waals surface area contributed by atoms with E-state index >= 15 is 0 Å². The maximum absolute atomic E-state index is 5.94. The molecule has 3 rings (SSSR count). The standard InChI is InChI=1S/C12H7BrClN3OS/c13-10-4-3-9(19-10)11-16-12(18-17-11)7-5-6(14)1-2-8(7)15/h1-5H,15H2. The first-order valence-corrected chi connectivity index (χ1v) is 7.27. The van der Waals surface area contributed by atoms with Crippen LogP contribution in [-0.2, 0) is 0 Å². The zero-order chi connectivity index (χ0) is 13.4. The number of benzene rings is 1. The van der Waals surface area contributed by atoms with E-state index in [1.54, 1.807) is 18.2 Å². The number of thiophene rings is 1. The van der Waals surface area contributed by atoms with Gasteiger partial charge in [-0.25, -0.2) is 0 Å². The Labute approximate surface area is 126 Å². The lowest BCUT2D eigenvalue weighted by atomic mass is 10.2. The highest BCUT2D eigenvalue weighted by Crippen LogP contribution is 2.32. The van der Waals surface area contributed by atoms with Crippen LogP contribution in [0.3, 0.4) is 0 Å². The first kappa shape index (κ1) is 12.7. The minimum absolute atomic E-state index is 0.361. The summed E-state index contributed by atoms with van der Waals surface area (Å²) >= 11 is 10.9. The molecule has 0 aliphatic carbocycles. The van der Waals surface area contributed by atoms with E-state index in [4.69, 9.17) is 21.9 Å². The van der Waals surface area contributed by atoms with Crippen molar-refractivity contribution in [3.63, 3.8) is 0 Å². The molecular formula is C12H7BrClN3OS. The summed E-state index contributed by atoms with van der Waals surface area (Å²) in [5.41, 5.74) is 7.07. The molecule has 4 nitrogen and oxygen atoms in total. The lowest BCUT2D eigenvalue weighted by Crippen LogP contribution is -1.89. The molecule has 7 heteroatoms. The number of hydrogen-bond donors (Lipinski definition) is 1. The largest absolute Gasteiger partial charge is 0.398 e. The molecule has 0 fully saturated rings. The van der Waals surface area contributed by atoms with Crippen molar-refractivity contribution in [2.24, 2.45) is 0 Å². The van der Waals surface area contributed by atoms with Crippen molar-refractivity contribution in [3.8, 4) is 22.2 Å². The molecule has 0 atom stereocenters. The molecule has 0 aliphatic rings. The third kappa shape index (κ3) is 2.51. The number of halogens is 2. The molecule has 0 amide bonds. The summed E-state index contributed by atoms with van der Waals surface area (Å²) in [7, 11) is 0. The predicted molar refractivity (Wildman–Crippen MR) is 80.2 cm³/mol. The van der Waals surface area contributed by atoms with Gasteiger partial charge in [0.15, 0.2) is 0 Å². The van der Waals surface area contributed by atoms with Crippen molar-refractivity contribution in [1.82, 2.24) is 10.1 Å². The molecule has 0 spiro atoms. The number of nitrogens with zero attached hydrogens (tertiary/aromatic N) is 2. The van der Waals surface area contributed by atoms with Gasteiger partial charge in [0.25, 0.3) is 5.89 Å². The second-order valence-corrected chi connectivity index (χ2v) is 6.66. The Morgan fingerprint density at radius 3 is 2.84 bits per heavy atom. The van der Waals surface area contributed by atoms with Crippen molar-refractivity contribution < 1.29 is 4.52 Å². The zero-order valence-corrected chi connectivity index (χ0v) is 12.6. The molecule has 0 radical (unpaired) electrons. The Kier molecular flexibility index (Phi) is 3.30. The molecule has 1 aromatic carbocycles. The Morgan fingerprint density at radius 1 is 1.26 bits per heavy atom. The summed E-state index contributed by atoms with van der Waals surface area (Å²) in [4.78, 5) is 5.26. The minimum atomic E-state index is 0.361. The number of aromatic nitrogens is 2. The summed E-state index contributed by atoms with van der Waals surface area (Å²) < 4.78 is 6.25. The zero-order valence-electron chi connectivity index (χ0n) is 9.43. The topological polar surface area (TPSA) is 64.9 Å². The lowest BCUT2D eigenvalue weighted by molar-refractivity contribution is 0.432. The van der Waals surface area contributed by atoms with E-state index in [9.17, 15) is 0 Å². The quantitative estimate of drug-likeness (QED) is 0.688. The fourth-order valence-corrected chi connectivity index (χ4v) is 3.07. The maximum atomic E-state index is 5.94. The number of hydrogen-bond acceptors (Lipinski definition) is 5. The average molecular weight is 357 g/mol. The van der Waals surface area contributed by atoms with Gasteiger partial charge in [0, 0.05) is 10.7 Å². The van der Waals surface area contributed by atoms with Crippen LogP contribution in [0.25, 0.3) is 22.2 Å². The highest BCUT2D eigenvalue weighted by molar-refractivity contribution is 9.11. The smallest absolute Gasteiger partial charge is 0.260 e. The van der Waals surface area contributed by atoms with Gasteiger partial charge < -0.3 is 10.3 Å². The third-order valence-corrected chi connectivity index (χ3v) is 4.32. The van der Waals surface area contributed by atoms with E-state index in [1.165, 1.54) is 11.3 Å². The van der Waals surface area contributed by atoms with Crippen molar-refractivity contribution in [2.75, 3.05) is 5.73 Å². The molecule has 2 N–H and O–H groups in total. The molecule has 2 heterocycles. The van der Waals surface area contributed by atoms with E-state index in [0.29, 0.717) is 28.0 Å². The number of anilines is 1.